The second-order valence-corrected chi connectivity index (χ2v) is 10.1. The van der Waals surface area contributed by atoms with E-state index in [0.29, 0.717) is 30.3 Å². The van der Waals surface area contributed by atoms with Crippen LogP contribution in [0.25, 0.3) is 6.08 Å². The lowest BCUT2D eigenvalue weighted by molar-refractivity contribution is -0.166. The molecule has 2 heterocycles. The number of esters is 1. The van der Waals surface area contributed by atoms with Crippen LogP contribution >= 0.6 is 0 Å². The monoisotopic (exact) mass is 502 g/mol. The minimum Gasteiger partial charge on any atom is -0.493 e. The number of rotatable bonds is 10. The second kappa shape index (κ2) is 10.4. The maximum absolute atomic E-state index is 12.8. The minimum atomic E-state index is -0.440. The molecule has 8 heteroatoms. The number of methoxy groups -OCH3 is 4. The Morgan fingerprint density at radius 2 is 1.78 bits per heavy atom. The Kier molecular flexibility index (Phi) is 7.69. The number of hydrogen-bond donors (Lipinski definition) is 0. The zero-order valence-electron chi connectivity index (χ0n) is 22.3. The van der Waals surface area contributed by atoms with Gasteiger partial charge in [0.25, 0.3) is 0 Å². The van der Waals surface area contributed by atoms with E-state index in [1.54, 1.807) is 46.6 Å². The lowest BCUT2D eigenvalue weighted by Crippen LogP contribution is -2.55. The van der Waals surface area contributed by atoms with Crippen molar-refractivity contribution in [2.24, 2.45) is 5.92 Å². The van der Waals surface area contributed by atoms with Gasteiger partial charge in [0.2, 0.25) is 5.75 Å². The van der Waals surface area contributed by atoms with Crippen molar-refractivity contribution in [3.63, 3.8) is 0 Å². The largest absolute Gasteiger partial charge is 0.493 e. The third kappa shape index (κ3) is 5.12. The van der Waals surface area contributed by atoms with Crippen LogP contribution in [0.1, 0.15) is 45.6 Å². The predicted octanol–water partition coefficient (Wildman–Crippen LogP) is 4.35. The number of carbonyl (C=O) groups excluding carboxylic acids is 1. The number of ether oxygens (including phenoxy) is 7. The van der Waals surface area contributed by atoms with Gasteiger partial charge in [-0.15, -0.1) is 0 Å². The van der Waals surface area contributed by atoms with Crippen LogP contribution in [0, 0.1) is 5.92 Å². The summed E-state index contributed by atoms with van der Waals surface area (Å²) < 4.78 is 40.2. The highest BCUT2D eigenvalue weighted by molar-refractivity contribution is 5.87. The summed E-state index contributed by atoms with van der Waals surface area (Å²) in [5.74, 6) is 1.05. The molecule has 0 aromatic heterocycles. The van der Waals surface area contributed by atoms with Gasteiger partial charge >= 0.3 is 5.97 Å². The average molecular weight is 503 g/mol. The molecule has 1 aromatic rings. The van der Waals surface area contributed by atoms with Crippen molar-refractivity contribution < 1.29 is 38.0 Å². The molecule has 6 atom stereocenters. The lowest BCUT2D eigenvalue weighted by atomic mass is 9.68. The Balaban J connectivity index is 1.47. The summed E-state index contributed by atoms with van der Waals surface area (Å²) in [5.41, 5.74) is 1.35. The van der Waals surface area contributed by atoms with Crippen molar-refractivity contribution in [1.82, 2.24) is 0 Å². The Labute approximate surface area is 213 Å². The van der Waals surface area contributed by atoms with E-state index in [-0.39, 0.29) is 29.3 Å². The fourth-order valence-electron chi connectivity index (χ4n) is 5.62. The molecule has 4 rings (SSSR count). The van der Waals surface area contributed by atoms with Gasteiger partial charge in [-0.1, -0.05) is 11.6 Å². The van der Waals surface area contributed by atoms with Gasteiger partial charge in [0.1, 0.15) is 23.4 Å². The van der Waals surface area contributed by atoms with Crippen molar-refractivity contribution in [2.45, 2.75) is 69.5 Å². The summed E-state index contributed by atoms with van der Waals surface area (Å²) in [7, 11) is 6.31. The van der Waals surface area contributed by atoms with Gasteiger partial charge < -0.3 is 33.2 Å². The first-order valence-electron chi connectivity index (χ1n) is 12.4. The zero-order valence-corrected chi connectivity index (χ0v) is 22.3. The maximum Gasteiger partial charge on any atom is 0.331 e. The number of benzene rings is 1. The fraction of sp³-hybridized carbons (Fsp3) is 0.607. The van der Waals surface area contributed by atoms with E-state index in [9.17, 15) is 4.79 Å². The van der Waals surface area contributed by atoms with Gasteiger partial charge in [-0.25, -0.2) is 4.79 Å². The number of hydrogen-bond acceptors (Lipinski definition) is 8. The first-order valence-corrected chi connectivity index (χ1v) is 12.4. The Morgan fingerprint density at radius 1 is 1.11 bits per heavy atom. The molecule has 1 spiro atoms. The van der Waals surface area contributed by atoms with Crippen LogP contribution in [0.5, 0.6) is 17.2 Å². The normalized spacial score (nSPS) is 32.8. The van der Waals surface area contributed by atoms with Crippen molar-refractivity contribution in [3.8, 4) is 17.2 Å². The van der Waals surface area contributed by atoms with Crippen molar-refractivity contribution in [2.75, 3.05) is 35.0 Å². The maximum atomic E-state index is 12.8. The fourth-order valence-corrected chi connectivity index (χ4v) is 5.62. The van der Waals surface area contributed by atoms with Crippen LogP contribution < -0.4 is 14.2 Å². The number of carbonyl (C=O) groups is 1. The molecule has 0 bridgehead atoms. The van der Waals surface area contributed by atoms with Crippen molar-refractivity contribution in [1.29, 1.82) is 0 Å². The van der Waals surface area contributed by atoms with Gasteiger partial charge in [0.15, 0.2) is 11.5 Å². The molecular formula is C28H38O8. The molecule has 198 valence electrons. The van der Waals surface area contributed by atoms with Gasteiger partial charge in [0, 0.05) is 13.2 Å². The molecule has 2 aliphatic heterocycles. The van der Waals surface area contributed by atoms with E-state index in [0.717, 1.165) is 18.4 Å². The highest BCUT2D eigenvalue weighted by Gasteiger charge is 2.72. The topological polar surface area (TPSA) is 88.3 Å². The van der Waals surface area contributed by atoms with Crippen LogP contribution in [0.2, 0.25) is 0 Å². The zero-order chi connectivity index (χ0) is 26.1. The SMILES string of the molecule is COc1cc(/C=C/C(=O)O[C@@H]2CC[C@]3(CO3)C([C@]3(C)O[C@H]3CC=C(C)C)[C@@H]2OC)cc(OC)c1OC. The van der Waals surface area contributed by atoms with E-state index in [2.05, 4.69) is 26.8 Å². The predicted molar refractivity (Wildman–Crippen MR) is 135 cm³/mol. The van der Waals surface area contributed by atoms with Crippen LogP contribution in [-0.2, 0) is 23.7 Å². The average Bonchev–Trinajstić information content (AvgIpc) is 3.78. The summed E-state index contributed by atoms with van der Waals surface area (Å²) in [4.78, 5) is 12.8. The standard InChI is InChI=1S/C28H38O8/c1-17(2)8-10-22-27(3,36-22)26-25(33-7)19(12-13-28(26)16-34-28)35-23(29)11-9-18-14-20(30-4)24(32-6)21(15-18)31-5/h8-9,11,14-15,19,22,25-26H,10,12-13,16H2,1-7H3/b11-9+/t19-,22+,25-,26?,27-,28+/m1/s1. The third-order valence-corrected chi connectivity index (χ3v) is 7.60. The Bertz CT molecular complexity index is 997. The molecule has 1 unspecified atom stereocenters. The molecule has 8 nitrogen and oxygen atoms in total. The number of allylic oxidation sites excluding steroid dienone is 1. The molecule has 1 saturated carbocycles. The Morgan fingerprint density at radius 3 is 2.31 bits per heavy atom. The highest BCUT2D eigenvalue weighted by atomic mass is 16.6. The van der Waals surface area contributed by atoms with E-state index in [4.69, 9.17) is 33.2 Å². The Hall–Kier alpha value is -2.55. The van der Waals surface area contributed by atoms with E-state index < -0.39 is 12.1 Å². The molecule has 1 aromatic carbocycles. The molecular weight excluding hydrogens is 464 g/mol. The molecule has 3 fully saturated rings. The van der Waals surface area contributed by atoms with E-state index >= 15 is 0 Å². The molecule has 0 radical (unpaired) electrons. The summed E-state index contributed by atoms with van der Waals surface area (Å²) in [6.45, 7) is 6.99. The van der Waals surface area contributed by atoms with Crippen molar-refractivity contribution in [3.05, 3.63) is 35.4 Å². The lowest BCUT2D eigenvalue weighted by Gasteiger charge is -2.42. The minimum absolute atomic E-state index is 0.0174. The summed E-state index contributed by atoms with van der Waals surface area (Å²) >= 11 is 0. The first-order chi connectivity index (χ1) is 17.2. The molecule has 36 heavy (non-hydrogen) atoms. The first kappa shape index (κ1) is 26.5. The van der Waals surface area contributed by atoms with Gasteiger partial charge in [-0.05, 0) is 63.8 Å². The summed E-state index contributed by atoms with van der Waals surface area (Å²) in [5, 5.41) is 0. The van der Waals surface area contributed by atoms with Crippen LogP contribution in [0.15, 0.2) is 29.9 Å². The molecule has 3 aliphatic rings. The van der Waals surface area contributed by atoms with Gasteiger partial charge in [-0.2, -0.15) is 0 Å². The van der Waals surface area contributed by atoms with Gasteiger partial charge in [0.05, 0.1) is 40.0 Å². The molecule has 0 amide bonds. The molecule has 1 aliphatic carbocycles. The van der Waals surface area contributed by atoms with E-state index in [1.807, 2.05) is 0 Å². The van der Waals surface area contributed by atoms with Crippen LogP contribution in [0.3, 0.4) is 0 Å². The smallest absolute Gasteiger partial charge is 0.331 e. The summed E-state index contributed by atoms with van der Waals surface area (Å²) in [6.07, 6.45) is 7.00. The van der Waals surface area contributed by atoms with Crippen LogP contribution in [0.4, 0.5) is 0 Å². The molecule has 2 saturated heterocycles. The third-order valence-electron chi connectivity index (χ3n) is 7.60. The molecule has 0 N–H and O–H groups in total. The van der Waals surface area contributed by atoms with E-state index in [1.165, 1.54) is 11.6 Å². The van der Waals surface area contributed by atoms with Crippen molar-refractivity contribution >= 4 is 12.0 Å². The number of epoxide rings is 2. The second-order valence-electron chi connectivity index (χ2n) is 10.1. The quantitative estimate of drug-likeness (QED) is 0.202. The van der Waals surface area contributed by atoms with Gasteiger partial charge in [-0.3, -0.25) is 0 Å². The van der Waals surface area contributed by atoms with Crippen LogP contribution in [-0.4, -0.2) is 70.5 Å². The highest BCUT2D eigenvalue weighted by Crippen LogP contribution is 2.59. The summed E-state index contributed by atoms with van der Waals surface area (Å²) in [6, 6.07) is 3.54.